The van der Waals surface area contributed by atoms with Crippen LogP contribution in [0, 0.1) is 6.92 Å². The van der Waals surface area contributed by atoms with Gasteiger partial charge < -0.3 is 5.11 Å². The maximum absolute atomic E-state index is 12.6. The summed E-state index contributed by atoms with van der Waals surface area (Å²) in [5, 5.41) is 9.16. The van der Waals surface area contributed by atoms with Crippen molar-refractivity contribution in [2.75, 3.05) is 20.2 Å². The third kappa shape index (κ3) is 1.72. The Kier molecular flexibility index (Phi) is 3.05. The van der Waals surface area contributed by atoms with Crippen molar-refractivity contribution in [2.24, 2.45) is 4.99 Å². The van der Waals surface area contributed by atoms with E-state index in [4.69, 9.17) is 5.11 Å². The van der Waals surface area contributed by atoms with Crippen LogP contribution in [0.4, 0.5) is 10.7 Å². The van der Waals surface area contributed by atoms with Crippen LogP contribution in [0.5, 0.6) is 0 Å². The SMILES string of the molecule is CCN1C(=O)C2C(=Nc3n(CCO)c(C)c[n+]32)N(C)C1=O. The van der Waals surface area contributed by atoms with Gasteiger partial charge in [-0.15, -0.1) is 0 Å². The molecule has 1 atom stereocenters. The molecule has 2 aliphatic heterocycles. The lowest BCUT2D eigenvalue weighted by Crippen LogP contribution is -2.62. The third-order valence-electron chi connectivity index (χ3n) is 3.96. The number of aryl methyl sites for hydroxylation is 1. The van der Waals surface area contributed by atoms with E-state index in [1.54, 1.807) is 18.5 Å². The van der Waals surface area contributed by atoms with Gasteiger partial charge in [0.15, 0.2) is 0 Å². The van der Waals surface area contributed by atoms with E-state index in [9.17, 15) is 9.59 Å². The Hall–Kier alpha value is -2.22. The van der Waals surface area contributed by atoms with Gasteiger partial charge in [0.05, 0.1) is 13.2 Å². The van der Waals surface area contributed by atoms with Crippen LogP contribution in [0.1, 0.15) is 18.7 Å². The molecule has 0 aliphatic carbocycles. The molecule has 0 bridgehead atoms. The van der Waals surface area contributed by atoms with Crippen LogP contribution >= 0.6 is 0 Å². The zero-order chi connectivity index (χ0) is 15.3. The summed E-state index contributed by atoms with van der Waals surface area (Å²) in [4.78, 5) is 31.8. The highest BCUT2D eigenvalue weighted by Crippen LogP contribution is 2.28. The summed E-state index contributed by atoms with van der Waals surface area (Å²) in [5.74, 6) is 0.771. The molecule has 1 aromatic heterocycles. The van der Waals surface area contributed by atoms with Crippen molar-refractivity contribution in [1.82, 2.24) is 14.4 Å². The summed E-state index contributed by atoms with van der Waals surface area (Å²) in [6.07, 6.45) is 1.83. The molecule has 1 unspecified atom stereocenters. The van der Waals surface area contributed by atoms with E-state index in [-0.39, 0.29) is 18.5 Å². The molecule has 1 N–H and O–H groups in total. The fourth-order valence-corrected chi connectivity index (χ4v) is 2.90. The standard InChI is InChI=1S/C13H18N5O3/c1-4-16-11(20)9-10(15(3)13(16)21)14-12-17(5-6-19)8(2)7-18(9)12/h7,9,19H,4-6H2,1-3H3/q+1. The van der Waals surface area contributed by atoms with Crippen LogP contribution in [-0.2, 0) is 11.3 Å². The number of amides is 3. The zero-order valence-corrected chi connectivity index (χ0v) is 12.3. The van der Waals surface area contributed by atoms with Crippen molar-refractivity contribution in [3.63, 3.8) is 0 Å². The summed E-state index contributed by atoms with van der Waals surface area (Å²) < 4.78 is 3.61. The molecule has 21 heavy (non-hydrogen) atoms. The first-order valence-electron chi connectivity index (χ1n) is 6.91. The number of nitrogens with zero attached hydrogens (tertiary/aromatic N) is 5. The number of fused-ring (bicyclic) bond motifs is 3. The molecule has 1 saturated heterocycles. The number of imidazole rings is 1. The van der Waals surface area contributed by atoms with Crippen molar-refractivity contribution < 1.29 is 19.3 Å². The molecular weight excluding hydrogens is 274 g/mol. The Morgan fingerprint density at radius 1 is 1.43 bits per heavy atom. The molecule has 0 spiro atoms. The van der Waals surface area contributed by atoms with E-state index < -0.39 is 6.04 Å². The molecule has 8 heteroatoms. The third-order valence-corrected chi connectivity index (χ3v) is 3.96. The highest BCUT2D eigenvalue weighted by molar-refractivity contribution is 6.19. The van der Waals surface area contributed by atoms with Crippen molar-refractivity contribution >= 4 is 23.7 Å². The summed E-state index contributed by atoms with van der Waals surface area (Å²) in [5.41, 5.74) is 0.914. The number of amidine groups is 1. The predicted octanol–water partition coefficient (Wildman–Crippen LogP) is -0.425. The second-order valence-electron chi connectivity index (χ2n) is 5.15. The highest BCUT2D eigenvalue weighted by Gasteiger charge is 2.52. The summed E-state index contributed by atoms with van der Waals surface area (Å²) in [7, 11) is 1.62. The van der Waals surface area contributed by atoms with Crippen LogP contribution in [0.2, 0.25) is 0 Å². The number of likely N-dealkylation sites (N-methyl/N-ethyl adjacent to an activating group) is 2. The van der Waals surface area contributed by atoms with E-state index in [0.717, 1.165) is 5.69 Å². The van der Waals surface area contributed by atoms with Gasteiger partial charge in [-0.05, 0) is 13.8 Å². The minimum absolute atomic E-state index is 0.0121. The minimum Gasteiger partial charge on any atom is -0.393 e. The molecule has 0 saturated carbocycles. The van der Waals surface area contributed by atoms with Crippen LogP contribution in [-0.4, -0.2) is 57.4 Å². The number of rotatable bonds is 3. The Bertz CT molecular complexity index is 663. The number of aliphatic hydroxyl groups is 1. The summed E-state index contributed by atoms with van der Waals surface area (Å²) in [6, 6.07) is -0.949. The fourth-order valence-electron chi connectivity index (χ4n) is 2.90. The average Bonchev–Trinajstić information content (AvgIpc) is 2.95. The number of carbonyl (C=O) groups is 2. The molecule has 0 radical (unpaired) electrons. The molecule has 3 amide bonds. The normalized spacial score (nSPS) is 20.8. The van der Waals surface area contributed by atoms with Crippen LogP contribution < -0.4 is 4.57 Å². The Morgan fingerprint density at radius 2 is 2.14 bits per heavy atom. The van der Waals surface area contributed by atoms with Gasteiger partial charge >= 0.3 is 12.0 Å². The quantitative estimate of drug-likeness (QED) is 0.768. The monoisotopic (exact) mass is 292 g/mol. The van der Waals surface area contributed by atoms with E-state index >= 15 is 0 Å². The van der Waals surface area contributed by atoms with Gasteiger partial charge in [0, 0.05) is 13.6 Å². The number of aliphatic hydroxyl groups excluding tert-OH is 1. The first-order valence-corrected chi connectivity index (χ1v) is 6.91. The molecule has 2 aliphatic rings. The van der Waals surface area contributed by atoms with Gasteiger partial charge in [-0.3, -0.25) is 14.6 Å². The van der Waals surface area contributed by atoms with Crippen molar-refractivity contribution in [3.05, 3.63) is 11.9 Å². The van der Waals surface area contributed by atoms with Gasteiger partial charge in [-0.1, -0.05) is 4.99 Å². The Balaban J connectivity index is 2.12. The van der Waals surface area contributed by atoms with Crippen molar-refractivity contribution in [1.29, 1.82) is 0 Å². The highest BCUT2D eigenvalue weighted by atomic mass is 16.3. The number of imide groups is 1. The second-order valence-corrected chi connectivity index (χ2v) is 5.15. The van der Waals surface area contributed by atoms with Crippen LogP contribution in [0.3, 0.4) is 0 Å². The number of carbonyl (C=O) groups excluding carboxylic acids is 2. The first kappa shape index (κ1) is 13.7. The van der Waals surface area contributed by atoms with E-state index in [2.05, 4.69) is 4.99 Å². The van der Waals surface area contributed by atoms with Crippen molar-refractivity contribution in [2.45, 2.75) is 26.4 Å². The maximum atomic E-state index is 12.6. The maximum Gasteiger partial charge on any atom is 0.402 e. The average molecular weight is 292 g/mol. The topological polar surface area (TPSA) is 82.0 Å². The molecule has 8 nitrogen and oxygen atoms in total. The smallest absolute Gasteiger partial charge is 0.393 e. The lowest BCUT2D eigenvalue weighted by Gasteiger charge is -2.32. The molecule has 1 fully saturated rings. The molecule has 1 aromatic rings. The van der Waals surface area contributed by atoms with Gasteiger partial charge in [0.2, 0.25) is 11.9 Å². The van der Waals surface area contributed by atoms with Gasteiger partial charge in [0.25, 0.3) is 5.91 Å². The number of hydrogen-bond acceptors (Lipinski definition) is 4. The minimum atomic E-state index is -0.596. The molecule has 0 aromatic carbocycles. The zero-order valence-electron chi connectivity index (χ0n) is 12.3. The lowest BCUT2D eigenvalue weighted by atomic mass is 10.1. The molecule has 3 rings (SSSR count). The summed E-state index contributed by atoms with van der Waals surface area (Å²) >= 11 is 0. The first-order chi connectivity index (χ1) is 10.0. The molecule has 112 valence electrons. The van der Waals surface area contributed by atoms with Gasteiger partial charge in [0.1, 0.15) is 11.9 Å². The number of hydrogen-bond donors (Lipinski definition) is 1. The predicted molar refractivity (Wildman–Crippen MR) is 73.1 cm³/mol. The van der Waals surface area contributed by atoms with Gasteiger partial charge in [-0.2, -0.15) is 0 Å². The fraction of sp³-hybridized carbons (Fsp3) is 0.538. The second kappa shape index (κ2) is 4.66. The van der Waals surface area contributed by atoms with Crippen molar-refractivity contribution in [3.8, 4) is 0 Å². The van der Waals surface area contributed by atoms with E-state index in [0.29, 0.717) is 24.9 Å². The van der Waals surface area contributed by atoms with Gasteiger partial charge in [-0.25, -0.2) is 13.9 Å². The van der Waals surface area contributed by atoms with E-state index in [1.165, 1.54) is 9.80 Å². The molecule has 3 heterocycles. The van der Waals surface area contributed by atoms with E-state index in [1.807, 2.05) is 17.7 Å². The lowest BCUT2D eigenvalue weighted by molar-refractivity contribution is -0.677. The molecular formula is C13H18N5O3+. The van der Waals surface area contributed by atoms with Crippen LogP contribution in [0.25, 0.3) is 0 Å². The Labute approximate surface area is 121 Å². The number of aliphatic imine (C=N–C) groups is 1. The largest absolute Gasteiger partial charge is 0.402 e. The Morgan fingerprint density at radius 3 is 2.76 bits per heavy atom. The number of urea groups is 1. The summed E-state index contributed by atoms with van der Waals surface area (Å²) in [6.45, 7) is 4.39. The number of aromatic nitrogens is 2. The van der Waals surface area contributed by atoms with Crippen LogP contribution in [0.15, 0.2) is 11.2 Å².